The zero-order valence-electron chi connectivity index (χ0n) is 24.6. The molecule has 1 saturated heterocycles. The molecule has 2 aromatic carbocycles. The molecule has 0 spiro atoms. The van der Waals surface area contributed by atoms with Crippen molar-refractivity contribution in [2.24, 2.45) is 0 Å². The molecule has 5 unspecified atom stereocenters. The second-order valence-corrected chi connectivity index (χ2v) is 10.8. The molecule has 2 heterocycles. The average Bonchev–Trinajstić information content (AvgIpc) is 2.95. The normalized spacial score (nSPS) is 22.8. The van der Waals surface area contributed by atoms with Gasteiger partial charge in [-0.05, 0) is 41.5 Å². The lowest BCUT2D eigenvalue weighted by Gasteiger charge is -2.45. The van der Waals surface area contributed by atoms with Crippen LogP contribution in [0.3, 0.4) is 0 Å². The Bertz CT molecular complexity index is 1390. The minimum Gasteiger partial charge on any atom is -0.492 e. The van der Waals surface area contributed by atoms with Gasteiger partial charge in [0.25, 0.3) is 0 Å². The van der Waals surface area contributed by atoms with Crippen molar-refractivity contribution in [3.8, 4) is 5.75 Å². The van der Waals surface area contributed by atoms with Gasteiger partial charge in [0.1, 0.15) is 24.6 Å². The van der Waals surface area contributed by atoms with E-state index in [1.54, 1.807) is 6.08 Å². The second-order valence-electron chi connectivity index (χ2n) is 10.4. The molecule has 10 nitrogen and oxygen atoms in total. The van der Waals surface area contributed by atoms with E-state index in [0.29, 0.717) is 42.2 Å². The molecule has 0 radical (unpaired) electrons. The van der Waals surface area contributed by atoms with Crippen LogP contribution in [0.1, 0.15) is 68.0 Å². The van der Waals surface area contributed by atoms with Gasteiger partial charge in [-0.3, -0.25) is 19.2 Å². The molecule has 5 atom stereocenters. The SMILES string of the molecule is C=Cc1ccc(Cc2cc(C3OC(COC(C)=O)C(OC(C)=O)C(OC(C)=O)C3OC(C)=O)c3c(c2Cl)OCCC3)cc1. The van der Waals surface area contributed by atoms with Crippen molar-refractivity contribution in [2.75, 3.05) is 13.2 Å². The summed E-state index contributed by atoms with van der Waals surface area (Å²) in [5.74, 6) is -2.15. The average molecular weight is 615 g/mol. The number of halogens is 1. The molecule has 2 aliphatic rings. The molecule has 0 amide bonds. The van der Waals surface area contributed by atoms with Gasteiger partial charge < -0.3 is 28.4 Å². The predicted molar refractivity (Wildman–Crippen MR) is 156 cm³/mol. The molecule has 0 aromatic heterocycles. The lowest BCUT2D eigenvalue weighted by Crippen LogP contribution is -2.59. The maximum atomic E-state index is 12.4. The molecule has 0 bridgehead atoms. The zero-order chi connectivity index (χ0) is 31.3. The van der Waals surface area contributed by atoms with Crippen LogP contribution in [0.15, 0.2) is 36.9 Å². The highest BCUT2D eigenvalue weighted by Gasteiger charge is 2.53. The Labute approximate surface area is 255 Å². The van der Waals surface area contributed by atoms with Crippen LogP contribution in [0, 0.1) is 0 Å². The number of rotatable bonds is 9. The first-order valence-electron chi connectivity index (χ1n) is 14.0. The summed E-state index contributed by atoms with van der Waals surface area (Å²) in [4.78, 5) is 48.6. The van der Waals surface area contributed by atoms with Crippen LogP contribution in [-0.4, -0.2) is 61.5 Å². The van der Waals surface area contributed by atoms with Crippen LogP contribution >= 0.6 is 11.6 Å². The first-order valence-corrected chi connectivity index (χ1v) is 14.3. The third-order valence-electron chi connectivity index (χ3n) is 7.16. The lowest BCUT2D eigenvalue weighted by molar-refractivity contribution is -0.254. The van der Waals surface area contributed by atoms with Crippen LogP contribution in [0.5, 0.6) is 5.75 Å². The Hall–Kier alpha value is -3.89. The summed E-state index contributed by atoms with van der Waals surface area (Å²) in [6, 6.07) is 9.72. The van der Waals surface area contributed by atoms with Gasteiger partial charge in [0.05, 0.1) is 11.6 Å². The second kappa shape index (κ2) is 14.1. The van der Waals surface area contributed by atoms with Gasteiger partial charge in [-0.15, -0.1) is 0 Å². The van der Waals surface area contributed by atoms with Gasteiger partial charge in [-0.1, -0.05) is 54.6 Å². The molecular formula is C32H35ClO10. The van der Waals surface area contributed by atoms with E-state index in [1.807, 2.05) is 30.3 Å². The Morgan fingerprint density at radius 1 is 0.930 bits per heavy atom. The maximum Gasteiger partial charge on any atom is 0.303 e. The van der Waals surface area contributed by atoms with Crippen molar-refractivity contribution in [1.82, 2.24) is 0 Å². The monoisotopic (exact) mass is 614 g/mol. The fourth-order valence-corrected chi connectivity index (χ4v) is 5.72. The molecule has 1 fully saturated rings. The van der Waals surface area contributed by atoms with Crippen LogP contribution in [0.25, 0.3) is 6.08 Å². The number of carbonyl (C=O) groups excluding carboxylic acids is 4. The zero-order valence-corrected chi connectivity index (χ0v) is 25.3. The summed E-state index contributed by atoms with van der Waals surface area (Å²) in [7, 11) is 0. The van der Waals surface area contributed by atoms with E-state index in [1.165, 1.54) is 27.7 Å². The molecule has 2 aromatic rings. The van der Waals surface area contributed by atoms with Crippen molar-refractivity contribution in [3.63, 3.8) is 0 Å². The highest BCUT2D eigenvalue weighted by atomic mass is 35.5. The van der Waals surface area contributed by atoms with Crippen molar-refractivity contribution >= 4 is 41.6 Å². The molecule has 2 aliphatic heterocycles. The van der Waals surface area contributed by atoms with Gasteiger partial charge >= 0.3 is 23.9 Å². The topological polar surface area (TPSA) is 124 Å². The molecule has 0 N–H and O–H groups in total. The van der Waals surface area contributed by atoms with E-state index in [4.69, 9.17) is 40.0 Å². The fourth-order valence-electron chi connectivity index (χ4n) is 5.43. The largest absolute Gasteiger partial charge is 0.492 e. The third kappa shape index (κ3) is 7.74. The number of benzene rings is 2. The van der Waals surface area contributed by atoms with Gasteiger partial charge in [0, 0.05) is 33.3 Å². The third-order valence-corrected chi connectivity index (χ3v) is 7.57. The van der Waals surface area contributed by atoms with Crippen LogP contribution < -0.4 is 4.74 Å². The first kappa shape index (κ1) is 32.0. The molecule has 230 valence electrons. The number of hydrogen-bond acceptors (Lipinski definition) is 10. The smallest absolute Gasteiger partial charge is 0.303 e. The number of fused-ring (bicyclic) bond motifs is 1. The molecule has 43 heavy (non-hydrogen) atoms. The lowest BCUT2D eigenvalue weighted by atomic mass is 9.85. The van der Waals surface area contributed by atoms with E-state index in [-0.39, 0.29) is 6.61 Å². The number of carbonyl (C=O) groups is 4. The maximum absolute atomic E-state index is 12.4. The van der Waals surface area contributed by atoms with Gasteiger partial charge in [0.2, 0.25) is 0 Å². The number of esters is 4. The van der Waals surface area contributed by atoms with E-state index < -0.39 is 54.4 Å². The molecule has 0 aliphatic carbocycles. The van der Waals surface area contributed by atoms with E-state index in [2.05, 4.69) is 6.58 Å². The van der Waals surface area contributed by atoms with Crippen LogP contribution in [0.2, 0.25) is 5.02 Å². The van der Waals surface area contributed by atoms with Crippen molar-refractivity contribution < 1.29 is 47.6 Å². The van der Waals surface area contributed by atoms with E-state index in [0.717, 1.165) is 22.3 Å². The molecule has 11 heteroatoms. The number of ether oxygens (including phenoxy) is 6. The summed E-state index contributed by atoms with van der Waals surface area (Å²) in [5, 5.41) is 0.455. The summed E-state index contributed by atoms with van der Waals surface area (Å²) >= 11 is 6.91. The fraction of sp³-hybridized carbons (Fsp3) is 0.438. The van der Waals surface area contributed by atoms with Crippen LogP contribution in [-0.2, 0) is 55.7 Å². The van der Waals surface area contributed by atoms with Gasteiger partial charge in [0.15, 0.2) is 18.3 Å². The quantitative estimate of drug-likeness (QED) is 0.290. The Morgan fingerprint density at radius 2 is 1.56 bits per heavy atom. The number of hydrogen-bond donors (Lipinski definition) is 0. The highest BCUT2D eigenvalue weighted by molar-refractivity contribution is 6.33. The van der Waals surface area contributed by atoms with Gasteiger partial charge in [-0.2, -0.15) is 0 Å². The predicted octanol–water partition coefficient (Wildman–Crippen LogP) is 4.70. The van der Waals surface area contributed by atoms with E-state index in [9.17, 15) is 19.2 Å². The summed E-state index contributed by atoms with van der Waals surface area (Å²) in [6.07, 6.45) is -2.37. The Balaban J connectivity index is 1.87. The first-order chi connectivity index (χ1) is 20.5. The summed E-state index contributed by atoms with van der Waals surface area (Å²) in [5.41, 5.74) is 4.05. The molecular weight excluding hydrogens is 580 g/mol. The van der Waals surface area contributed by atoms with Crippen molar-refractivity contribution in [1.29, 1.82) is 0 Å². The Morgan fingerprint density at radius 3 is 2.16 bits per heavy atom. The van der Waals surface area contributed by atoms with Crippen LogP contribution in [0.4, 0.5) is 0 Å². The highest BCUT2D eigenvalue weighted by Crippen LogP contribution is 2.46. The van der Waals surface area contributed by atoms with Gasteiger partial charge in [-0.25, -0.2) is 0 Å². The standard InChI is InChI=1S/C32H35ClO10/c1-6-21-9-11-22(12-10-21)14-23-15-25(24-8-7-13-38-28(24)27(23)33)29-31(41-19(4)36)32(42-20(5)37)30(40-18(3)35)26(43-29)16-39-17(2)34/h6,9-12,15,26,29-32H,1,7-8,13-14,16H2,2-5H3. The minimum atomic E-state index is -1.28. The summed E-state index contributed by atoms with van der Waals surface area (Å²) < 4.78 is 34.7. The van der Waals surface area contributed by atoms with E-state index >= 15 is 0 Å². The molecule has 4 rings (SSSR count). The van der Waals surface area contributed by atoms with Crippen molar-refractivity contribution in [3.05, 3.63) is 69.8 Å². The minimum absolute atomic E-state index is 0.316. The Kier molecular flexibility index (Phi) is 10.5. The molecule has 0 saturated carbocycles. The van der Waals surface area contributed by atoms with Crippen molar-refractivity contribution in [2.45, 2.75) is 77.5 Å². The summed E-state index contributed by atoms with van der Waals surface area (Å²) in [6.45, 7) is 8.76.